The predicted octanol–water partition coefficient (Wildman–Crippen LogP) is 3.98. The number of aryl methyl sites for hydroxylation is 1. The Hall–Kier alpha value is -1.71. The zero-order valence-electron chi connectivity index (χ0n) is 17.5. The van der Waals surface area contributed by atoms with Gasteiger partial charge < -0.3 is 9.30 Å². The summed E-state index contributed by atoms with van der Waals surface area (Å²) in [6.45, 7) is 3.33. The van der Waals surface area contributed by atoms with E-state index >= 15 is 0 Å². The minimum atomic E-state index is -3.03. The number of esters is 1. The van der Waals surface area contributed by atoms with E-state index in [0.717, 1.165) is 22.9 Å². The van der Waals surface area contributed by atoms with Gasteiger partial charge in [0.25, 0.3) is 0 Å². The van der Waals surface area contributed by atoms with E-state index in [-0.39, 0.29) is 29.9 Å². The number of benzene rings is 1. The Labute approximate surface area is 191 Å². The Morgan fingerprint density at radius 2 is 1.81 bits per heavy atom. The third-order valence-electron chi connectivity index (χ3n) is 5.73. The number of nitrogens with zero attached hydrogens (tertiary/aromatic N) is 1. The smallest absolute Gasteiger partial charge is 0.338 e. The molecule has 0 radical (unpaired) electrons. The summed E-state index contributed by atoms with van der Waals surface area (Å²) in [7, 11) is -3.03. The van der Waals surface area contributed by atoms with Crippen molar-refractivity contribution >= 4 is 45.1 Å². The van der Waals surface area contributed by atoms with Crippen LogP contribution in [0.4, 0.5) is 0 Å². The van der Waals surface area contributed by atoms with Crippen LogP contribution in [0.3, 0.4) is 0 Å². The molecule has 6 nitrogen and oxygen atoms in total. The number of Topliss-reactive ketones (excluding diaryl/α,β-unsaturated/α-hetero) is 1. The average Bonchev–Trinajstić information content (AvgIpc) is 3.46. The number of thioether (sulfide) groups is 2. The third-order valence-corrected chi connectivity index (χ3v) is 10.6. The van der Waals surface area contributed by atoms with E-state index in [4.69, 9.17) is 4.74 Å². The maximum absolute atomic E-state index is 12.7. The lowest BCUT2D eigenvalue weighted by atomic mass is 10.1. The summed E-state index contributed by atoms with van der Waals surface area (Å²) in [4.78, 5) is 25.1. The van der Waals surface area contributed by atoms with Crippen molar-refractivity contribution in [2.45, 2.75) is 30.9 Å². The van der Waals surface area contributed by atoms with Gasteiger partial charge in [0.15, 0.2) is 16.4 Å². The Morgan fingerprint density at radius 3 is 2.42 bits per heavy atom. The van der Waals surface area contributed by atoms with Gasteiger partial charge in [-0.25, -0.2) is 13.2 Å². The molecule has 1 unspecified atom stereocenters. The summed E-state index contributed by atoms with van der Waals surface area (Å²) < 4.78 is 31.3. The first-order valence-corrected chi connectivity index (χ1v) is 14.1. The normalized spacial score (nSPS) is 20.8. The molecule has 4 rings (SSSR count). The number of sulfone groups is 1. The van der Waals surface area contributed by atoms with Gasteiger partial charge in [0.2, 0.25) is 5.78 Å². The largest absolute Gasteiger partial charge is 0.454 e. The second-order valence-corrected chi connectivity index (χ2v) is 12.9. The highest BCUT2D eigenvalue weighted by Crippen LogP contribution is 2.45. The summed E-state index contributed by atoms with van der Waals surface area (Å²) in [5, 5.41) is 0. The molecule has 2 aliphatic heterocycles. The van der Waals surface area contributed by atoms with Crippen molar-refractivity contribution in [3.63, 3.8) is 0 Å². The molecule has 0 spiro atoms. The fourth-order valence-corrected chi connectivity index (χ4v) is 8.78. The van der Waals surface area contributed by atoms with Gasteiger partial charge in [-0.2, -0.15) is 0 Å². The van der Waals surface area contributed by atoms with Crippen molar-refractivity contribution < 1.29 is 22.7 Å². The summed E-state index contributed by atoms with van der Waals surface area (Å²) >= 11 is 3.80. The van der Waals surface area contributed by atoms with Crippen LogP contribution >= 0.6 is 23.5 Å². The van der Waals surface area contributed by atoms with Crippen LogP contribution in [0, 0.1) is 13.8 Å². The number of hydrogen-bond acceptors (Lipinski definition) is 7. The maximum atomic E-state index is 12.7. The van der Waals surface area contributed by atoms with Crippen LogP contribution < -0.4 is 0 Å². The quantitative estimate of drug-likeness (QED) is 0.458. The van der Waals surface area contributed by atoms with Crippen molar-refractivity contribution in [2.75, 3.05) is 29.6 Å². The monoisotopic (exact) mass is 479 g/mol. The lowest BCUT2D eigenvalue weighted by Gasteiger charge is -2.16. The van der Waals surface area contributed by atoms with Crippen molar-refractivity contribution in [3.05, 3.63) is 58.4 Å². The lowest BCUT2D eigenvalue weighted by molar-refractivity contribution is 0.0474. The Kier molecular flexibility index (Phi) is 6.55. The minimum absolute atomic E-state index is 0.0971. The Balaban J connectivity index is 1.39. The molecule has 1 atom stereocenters. The molecule has 31 heavy (non-hydrogen) atoms. The summed E-state index contributed by atoms with van der Waals surface area (Å²) in [5.74, 6) is 1.73. The highest BCUT2D eigenvalue weighted by molar-refractivity contribution is 8.19. The van der Waals surface area contributed by atoms with E-state index in [0.29, 0.717) is 22.1 Å². The number of aromatic nitrogens is 1. The third kappa shape index (κ3) is 4.88. The van der Waals surface area contributed by atoms with Crippen LogP contribution in [-0.2, 0) is 14.6 Å². The molecule has 0 aliphatic carbocycles. The molecule has 166 valence electrons. The first-order chi connectivity index (χ1) is 14.7. The van der Waals surface area contributed by atoms with Gasteiger partial charge >= 0.3 is 5.97 Å². The van der Waals surface area contributed by atoms with Gasteiger partial charge in [-0.15, -0.1) is 23.5 Å². The van der Waals surface area contributed by atoms with Crippen LogP contribution in [0.25, 0.3) is 0 Å². The van der Waals surface area contributed by atoms with Crippen LogP contribution in [-0.4, -0.2) is 54.4 Å². The predicted molar refractivity (Wildman–Crippen MR) is 125 cm³/mol. The zero-order valence-corrected chi connectivity index (χ0v) is 19.9. The Morgan fingerprint density at radius 1 is 1.13 bits per heavy atom. The van der Waals surface area contributed by atoms with E-state index in [1.54, 1.807) is 18.2 Å². The van der Waals surface area contributed by atoms with E-state index in [1.165, 1.54) is 5.56 Å². The summed E-state index contributed by atoms with van der Waals surface area (Å²) in [6, 6.07) is 8.98. The van der Waals surface area contributed by atoms with E-state index in [2.05, 4.69) is 0 Å². The van der Waals surface area contributed by atoms with Crippen molar-refractivity contribution in [2.24, 2.45) is 0 Å². The van der Waals surface area contributed by atoms with Gasteiger partial charge in [0.1, 0.15) is 0 Å². The molecule has 0 bridgehead atoms. The molecule has 0 saturated carbocycles. The molecule has 2 aromatic rings. The second-order valence-electron chi connectivity index (χ2n) is 7.91. The molecule has 2 aliphatic rings. The van der Waals surface area contributed by atoms with Crippen LogP contribution in [0.1, 0.15) is 54.7 Å². The molecule has 1 aromatic carbocycles. The molecule has 0 N–H and O–H groups in total. The van der Waals surface area contributed by atoms with Crippen molar-refractivity contribution in [1.29, 1.82) is 0 Å². The molecule has 2 fully saturated rings. The number of rotatable bonds is 6. The molecule has 2 saturated heterocycles. The second kappa shape index (κ2) is 9.03. The first-order valence-electron chi connectivity index (χ1n) is 10.2. The first kappa shape index (κ1) is 22.5. The van der Waals surface area contributed by atoms with Crippen LogP contribution in [0.2, 0.25) is 0 Å². The standard InChI is InChI=1S/C22H25NO5S3/c1-14-11-19(15(2)23(14)18-7-10-31(26,27)13-18)20(24)12-28-21(25)16-3-5-17(6-4-16)22-29-8-9-30-22/h3-6,11,18,22H,7-10,12-13H2,1-2H3. The highest BCUT2D eigenvalue weighted by atomic mass is 32.2. The van der Waals surface area contributed by atoms with Gasteiger partial charge in [-0.05, 0) is 44.0 Å². The molecular formula is C22H25NO5S3. The van der Waals surface area contributed by atoms with Crippen LogP contribution in [0.5, 0.6) is 0 Å². The number of ether oxygens (including phenoxy) is 1. The van der Waals surface area contributed by atoms with E-state index in [9.17, 15) is 18.0 Å². The average molecular weight is 480 g/mol. The zero-order chi connectivity index (χ0) is 22.2. The van der Waals surface area contributed by atoms with E-state index < -0.39 is 15.8 Å². The maximum Gasteiger partial charge on any atom is 0.338 e. The number of hydrogen-bond donors (Lipinski definition) is 0. The lowest BCUT2D eigenvalue weighted by Crippen LogP contribution is -2.17. The molecule has 9 heteroatoms. The number of carbonyl (C=O) groups excluding carboxylic acids is 2. The fourth-order valence-electron chi connectivity index (χ4n) is 4.22. The van der Waals surface area contributed by atoms with E-state index in [1.807, 2.05) is 54.1 Å². The Bertz CT molecular complexity index is 1100. The van der Waals surface area contributed by atoms with Gasteiger partial charge in [0, 0.05) is 34.5 Å². The van der Waals surface area contributed by atoms with Gasteiger partial charge in [-0.3, -0.25) is 4.79 Å². The van der Waals surface area contributed by atoms with Crippen molar-refractivity contribution in [3.8, 4) is 0 Å². The molecule has 0 amide bonds. The SMILES string of the molecule is Cc1cc(C(=O)COC(=O)c2ccc(C3SCCS3)cc2)c(C)n1C1CCS(=O)(=O)C1. The van der Waals surface area contributed by atoms with Crippen molar-refractivity contribution in [1.82, 2.24) is 4.57 Å². The highest BCUT2D eigenvalue weighted by Gasteiger charge is 2.31. The number of carbonyl (C=O) groups is 2. The molecule has 1 aromatic heterocycles. The molecule has 3 heterocycles. The molecular weight excluding hydrogens is 454 g/mol. The minimum Gasteiger partial charge on any atom is -0.454 e. The summed E-state index contributed by atoms with van der Waals surface area (Å²) in [5.41, 5.74) is 3.64. The topological polar surface area (TPSA) is 82.4 Å². The number of ketones is 1. The van der Waals surface area contributed by atoms with Crippen LogP contribution in [0.15, 0.2) is 30.3 Å². The summed E-state index contributed by atoms with van der Waals surface area (Å²) in [6.07, 6.45) is 0.551. The van der Waals surface area contributed by atoms with Gasteiger partial charge in [0.05, 0.1) is 21.7 Å². The fraction of sp³-hybridized carbons (Fsp3) is 0.455. The van der Waals surface area contributed by atoms with Gasteiger partial charge in [-0.1, -0.05) is 12.1 Å².